The Bertz CT molecular complexity index is 528. The minimum absolute atomic E-state index is 0.523. The van der Waals surface area contributed by atoms with Gasteiger partial charge in [-0.05, 0) is 54.6 Å². The van der Waals surface area contributed by atoms with Crippen LogP contribution in [0.1, 0.15) is 24.1 Å². The van der Waals surface area contributed by atoms with Crippen LogP contribution in [0.2, 0.25) is 0 Å². The molecule has 0 spiro atoms. The molecule has 3 nitrogen and oxygen atoms in total. The molecule has 0 fully saturated rings. The summed E-state index contributed by atoms with van der Waals surface area (Å²) in [6, 6.07) is 5.60. The molecule has 15 heavy (non-hydrogen) atoms. The molecule has 0 aliphatic heterocycles. The number of rotatable bonds is 1. The molecule has 1 aliphatic carbocycles. The van der Waals surface area contributed by atoms with Gasteiger partial charge in [0.05, 0.1) is 0 Å². The first-order valence-corrected chi connectivity index (χ1v) is 5.35. The van der Waals surface area contributed by atoms with Crippen LogP contribution in [0.4, 0.5) is 5.69 Å². The largest absolute Gasteiger partial charge is 0.358 e. The van der Waals surface area contributed by atoms with Crippen LogP contribution in [0, 0.1) is 4.91 Å². The highest BCUT2D eigenvalue weighted by molar-refractivity contribution is 5.87. The molecule has 0 saturated carbocycles. The molecule has 1 heterocycles. The van der Waals surface area contributed by atoms with Gasteiger partial charge in [0, 0.05) is 16.6 Å². The molecule has 1 aromatic carbocycles. The van der Waals surface area contributed by atoms with E-state index in [1.165, 1.54) is 29.5 Å². The van der Waals surface area contributed by atoms with Crippen LogP contribution in [-0.2, 0) is 12.8 Å². The van der Waals surface area contributed by atoms with Gasteiger partial charge in [0.2, 0.25) is 0 Å². The minimum Gasteiger partial charge on any atom is -0.358 e. The number of benzene rings is 1. The Morgan fingerprint density at radius 2 is 2.07 bits per heavy atom. The molecule has 0 bridgehead atoms. The maximum Gasteiger partial charge on any atom is 0.108 e. The van der Waals surface area contributed by atoms with E-state index in [0.29, 0.717) is 5.69 Å². The van der Waals surface area contributed by atoms with E-state index in [1.54, 1.807) is 6.07 Å². The van der Waals surface area contributed by atoms with Gasteiger partial charge in [-0.25, -0.2) is 0 Å². The first kappa shape index (κ1) is 8.65. The highest BCUT2D eigenvalue weighted by Crippen LogP contribution is 2.31. The Morgan fingerprint density at radius 1 is 1.20 bits per heavy atom. The van der Waals surface area contributed by atoms with E-state index in [-0.39, 0.29) is 0 Å². The molecule has 3 heteroatoms. The fraction of sp³-hybridized carbons (Fsp3) is 0.333. The van der Waals surface area contributed by atoms with Crippen LogP contribution in [0.5, 0.6) is 0 Å². The first-order chi connectivity index (χ1) is 7.38. The summed E-state index contributed by atoms with van der Waals surface area (Å²) < 4.78 is 0. The van der Waals surface area contributed by atoms with Crippen molar-refractivity contribution in [3.63, 3.8) is 0 Å². The number of aryl methyl sites for hydroxylation is 2. The van der Waals surface area contributed by atoms with E-state index in [9.17, 15) is 4.91 Å². The minimum atomic E-state index is 0.523. The lowest BCUT2D eigenvalue weighted by atomic mass is 9.95. The molecule has 0 unspecified atom stereocenters. The SMILES string of the molecule is O=Nc1ccc2[nH]c3c(c2c1)CCCC3. The zero-order valence-corrected chi connectivity index (χ0v) is 8.42. The van der Waals surface area contributed by atoms with Crippen LogP contribution in [0.25, 0.3) is 10.9 Å². The molecule has 0 atom stereocenters. The zero-order chi connectivity index (χ0) is 10.3. The van der Waals surface area contributed by atoms with Gasteiger partial charge in [-0.3, -0.25) is 0 Å². The summed E-state index contributed by atoms with van der Waals surface area (Å²) in [5.74, 6) is 0. The van der Waals surface area contributed by atoms with Crippen molar-refractivity contribution in [2.45, 2.75) is 25.7 Å². The molecular weight excluding hydrogens is 188 g/mol. The van der Waals surface area contributed by atoms with E-state index in [1.807, 2.05) is 12.1 Å². The molecule has 1 N–H and O–H groups in total. The monoisotopic (exact) mass is 200 g/mol. The zero-order valence-electron chi connectivity index (χ0n) is 8.42. The summed E-state index contributed by atoms with van der Waals surface area (Å²) in [5, 5.41) is 4.17. The summed E-state index contributed by atoms with van der Waals surface area (Å²) in [7, 11) is 0. The van der Waals surface area contributed by atoms with Crippen molar-refractivity contribution in [1.29, 1.82) is 0 Å². The second-order valence-electron chi connectivity index (χ2n) is 4.11. The molecule has 1 aliphatic rings. The highest BCUT2D eigenvalue weighted by Gasteiger charge is 2.15. The lowest BCUT2D eigenvalue weighted by Crippen LogP contribution is -1.99. The fourth-order valence-electron chi connectivity index (χ4n) is 2.45. The third-order valence-electron chi connectivity index (χ3n) is 3.19. The number of H-pyrrole nitrogens is 1. The van der Waals surface area contributed by atoms with Gasteiger partial charge in [0.25, 0.3) is 0 Å². The number of fused-ring (bicyclic) bond motifs is 3. The van der Waals surface area contributed by atoms with Crippen molar-refractivity contribution in [2.24, 2.45) is 5.18 Å². The van der Waals surface area contributed by atoms with Gasteiger partial charge in [0.1, 0.15) is 5.69 Å². The van der Waals surface area contributed by atoms with Crippen molar-refractivity contribution in [3.05, 3.63) is 34.4 Å². The van der Waals surface area contributed by atoms with Gasteiger partial charge < -0.3 is 4.98 Å². The predicted molar refractivity (Wildman–Crippen MR) is 60.4 cm³/mol. The second kappa shape index (κ2) is 3.19. The second-order valence-corrected chi connectivity index (χ2v) is 4.11. The molecule has 3 rings (SSSR count). The smallest absolute Gasteiger partial charge is 0.108 e. The van der Waals surface area contributed by atoms with Crippen molar-refractivity contribution in [1.82, 2.24) is 4.98 Å². The normalized spacial score (nSPS) is 15.2. The van der Waals surface area contributed by atoms with E-state index < -0.39 is 0 Å². The molecule has 0 amide bonds. The Balaban J connectivity index is 2.29. The Morgan fingerprint density at radius 3 is 2.93 bits per heavy atom. The molecule has 0 radical (unpaired) electrons. The number of nitroso groups, excluding NO2 is 1. The van der Waals surface area contributed by atoms with Crippen LogP contribution >= 0.6 is 0 Å². The van der Waals surface area contributed by atoms with E-state index in [4.69, 9.17) is 0 Å². The molecule has 0 saturated heterocycles. The Kier molecular flexibility index (Phi) is 1.84. The molecular formula is C12H12N2O. The lowest BCUT2D eigenvalue weighted by molar-refractivity contribution is 0.680. The van der Waals surface area contributed by atoms with Crippen LogP contribution in [0.3, 0.4) is 0 Å². The van der Waals surface area contributed by atoms with Crippen molar-refractivity contribution in [3.8, 4) is 0 Å². The maximum absolute atomic E-state index is 10.5. The van der Waals surface area contributed by atoms with E-state index in [2.05, 4.69) is 10.2 Å². The maximum atomic E-state index is 10.5. The molecule has 2 aromatic rings. The summed E-state index contributed by atoms with van der Waals surface area (Å²) >= 11 is 0. The van der Waals surface area contributed by atoms with Crippen molar-refractivity contribution in [2.75, 3.05) is 0 Å². The van der Waals surface area contributed by atoms with Crippen LogP contribution < -0.4 is 0 Å². The standard InChI is InChI=1S/C12H12N2O/c15-14-8-5-6-12-10(7-8)9-3-1-2-4-11(9)13-12/h5-7,13H,1-4H2. The number of hydrogen-bond acceptors (Lipinski definition) is 2. The fourth-order valence-corrected chi connectivity index (χ4v) is 2.45. The number of nitrogens with zero attached hydrogens (tertiary/aromatic N) is 1. The number of hydrogen-bond donors (Lipinski definition) is 1. The quantitative estimate of drug-likeness (QED) is 0.704. The topological polar surface area (TPSA) is 45.2 Å². The van der Waals surface area contributed by atoms with Gasteiger partial charge in [-0.2, -0.15) is 0 Å². The average Bonchev–Trinajstić information content (AvgIpc) is 2.66. The first-order valence-electron chi connectivity index (χ1n) is 5.35. The summed E-state index contributed by atoms with van der Waals surface area (Å²) in [4.78, 5) is 13.9. The number of aromatic nitrogens is 1. The Labute approximate surface area is 87.5 Å². The van der Waals surface area contributed by atoms with Crippen LogP contribution in [-0.4, -0.2) is 4.98 Å². The summed E-state index contributed by atoms with van der Waals surface area (Å²) in [6.45, 7) is 0. The third-order valence-corrected chi connectivity index (χ3v) is 3.19. The number of aromatic amines is 1. The van der Waals surface area contributed by atoms with Gasteiger partial charge in [-0.1, -0.05) is 0 Å². The van der Waals surface area contributed by atoms with E-state index in [0.717, 1.165) is 18.4 Å². The van der Waals surface area contributed by atoms with Gasteiger partial charge in [0.15, 0.2) is 0 Å². The third kappa shape index (κ3) is 1.27. The lowest BCUT2D eigenvalue weighted by Gasteiger charge is -2.10. The number of nitrogens with one attached hydrogen (secondary N) is 1. The summed E-state index contributed by atoms with van der Waals surface area (Å²) in [5.41, 5.74) is 4.39. The van der Waals surface area contributed by atoms with Gasteiger partial charge in [-0.15, -0.1) is 4.91 Å². The van der Waals surface area contributed by atoms with Crippen molar-refractivity contribution < 1.29 is 0 Å². The van der Waals surface area contributed by atoms with Crippen molar-refractivity contribution >= 4 is 16.6 Å². The highest BCUT2D eigenvalue weighted by atomic mass is 16.3. The summed E-state index contributed by atoms with van der Waals surface area (Å²) in [6.07, 6.45) is 4.77. The predicted octanol–water partition coefficient (Wildman–Crippen LogP) is 3.44. The van der Waals surface area contributed by atoms with Gasteiger partial charge >= 0.3 is 0 Å². The van der Waals surface area contributed by atoms with E-state index >= 15 is 0 Å². The van der Waals surface area contributed by atoms with Crippen LogP contribution in [0.15, 0.2) is 23.4 Å². The molecule has 1 aromatic heterocycles. The average molecular weight is 200 g/mol. The Hall–Kier alpha value is -1.64. The molecule has 76 valence electrons.